The predicted molar refractivity (Wildman–Crippen MR) is 104 cm³/mol. The third-order valence-electron chi connectivity index (χ3n) is 4.81. The molecule has 1 amide bonds. The zero-order valence-electron chi connectivity index (χ0n) is 15.3. The van der Waals surface area contributed by atoms with Gasteiger partial charge in [-0.05, 0) is 29.7 Å². The van der Waals surface area contributed by atoms with Crippen molar-refractivity contribution in [3.8, 4) is 0 Å². The summed E-state index contributed by atoms with van der Waals surface area (Å²) in [4.78, 5) is 14.0. The number of carbonyl (C=O) groups is 1. The van der Waals surface area contributed by atoms with Gasteiger partial charge in [0.1, 0.15) is 25.7 Å². The molecule has 136 valence electrons. The van der Waals surface area contributed by atoms with E-state index < -0.39 is 0 Å². The molecule has 0 spiro atoms. The van der Waals surface area contributed by atoms with Crippen molar-refractivity contribution in [1.29, 1.82) is 0 Å². The van der Waals surface area contributed by atoms with Crippen LogP contribution >= 0.6 is 0 Å². The molecule has 1 aliphatic rings. The van der Waals surface area contributed by atoms with Crippen LogP contribution in [0.15, 0.2) is 60.7 Å². The number of amides is 1. The maximum absolute atomic E-state index is 12.5. The molecule has 0 aliphatic carbocycles. The Morgan fingerprint density at radius 3 is 2.54 bits per heavy atom. The molecule has 4 nitrogen and oxygen atoms in total. The van der Waals surface area contributed by atoms with Crippen LogP contribution in [0.1, 0.15) is 22.7 Å². The van der Waals surface area contributed by atoms with Crippen LogP contribution in [0.2, 0.25) is 0 Å². The molecular weight excluding hydrogens is 324 g/mol. The summed E-state index contributed by atoms with van der Waals surface area (Å²) in [6, 6.07) is 18.3. The van der Waals surface area contributed by atoms with Crippen LogP contribution in [0.4, 0.5) is 0 Å². The lowest BCUT2D eigenvalue weighted by atomic mass is 10.1. The Morgan fingerprint density at radius 2 is 1.81 bits per heavy atom. The van der Waals surface area contributed by atoms with Gasteiger partial charge in [-0.1, -0.05) is 54.6 Å². The van der Waals surface area contributed by atoms with Gasteiger partial charge >= 0.3 is 0 Å². The quantitative estimate of drug-likeness (QED) is 0.779. The van der Waals surface area contributed by atoms with Gasteiger partial charge in [-0.15, -0.1) is 0 Å². The number of ether oxygens (including phenoxy) is 1. The van der Waals surface area contributed by atoms with Crippen molar-refractivity contribution < 1.29 is 14.4 Å². The van der Waals surface area contributed by atoms with Crippen LogP contribution in [-0.4, -0.2) is 38.8 Å². The first kappa shape index (κ1) is 18.4. The standard InChI is InChI=1S/C22H26N2O2/c1-18-7-5-6-8-19(18)11-12-22(25)23-21(20-9-3-2-4-10-20)17-24-13-15-26-16-14-24/h2-12,21H,13-17H2,1H3,(H,23,25)/p+1/b12-11+/t21-/m1/s1. The summed E-state index contributed by atoms with van der Waals surface area (Å²) in [7, 11) is 0. The summed E-state index contributed by atoms with van der Waals surface area (Å²) >= 11 is 0. The summed E-state index contributed by atoms with van der Waals surface area (Å²) in [5.41, 5.74) is 3.37. The molecule has 1 aliphatic heterocycles. The van der Waals surface area contributed by atoms with E-state index in [0.717, 1.165) is 49.5 Å². The molecule has 1 fully saturated rings. The second kappa shape index (κ2) is 9.32. The van der Waals surface area contributed by atoms with Crippen LogP contribution in [0, 0.1) is 6.92 Å². The summed E-state index contributed by atoms with van der Waals surface area (Å²) in [5, 5.41) is 3.18. The van der Waals surface area contributed by atoms with E-state index in [1.165, 1.54) is 4.90 Å². The number of hydrogen-bond acceptors (Lipinski definition) is 2. The molecule has 1 saturated heterocycles. The van der Waals surface area contributed by atoms with Crippen LogP contribution in [-0.2, 0) is 9.53 Å². The first-order valence-electron chi connectivity index (χ1n) is 9.23. The second-order valence-corrected chi connectivity index (χ2v) is 6.73. The Balaban J connectivity index is 1.68. The highest BCUT2D eigenvalue weighted by Gasteiger charge is 2.22. The number of morpholine rings is 1. The van der Waals surface area contributed by atoms with E-state index in [1.54, 1.807) is 6.08 Å². The molecule has 0 saturated carbocycles. The molecule has 4 heteroatoms. The lowest BCUT2D eigenvalue weighted by molar-refractivity contribution is -0.909. The predicted octanol–water partition coefficient (Wildman–Crippen LogP) is 1.78. The molecule has 0 unspecified atom stereocenters. The number of aryl methyl sites for hydroxylation is 1. The van der Waals surface area contributed by atoms with Crippen LogP contribution < -0.4 is 10.2 Å². The van der Waals surface area contributed by atoms with Gasteiger partial charge in [-0.2, -0.15) is 0 Å². The van der Waals surface area contributed by atoms with Gasteiger partial charge in [0.05, 0.1) is 13.2 Å². The lowest BCUT2D eigenvalue weighted by Gasteiger charge is -2.28. The monoisotopic (exact) mass is 351 g/mol. The van der Waals surface area contributed by atoms with Gasteiger partial charge in [0.2, 0.25) is 5.91 Å². The Kier molecular flexibility index (Phi) is 6.58. The molecule has 0 radical (unpaired) electrons. The minimum Gasteiger partial charge on any atom is -0.370 e. The Morgan fingerprint density at radius 1 is 1.12 bits per heavy atom. The summed E-state index contributed by atoms with van der Waals surface area (Å²) < 4.78 is 5.45. The Hall–Kier alpha value is -2.43. The third kappa shape index (κ3) is 5.28. The Labute approximate surface area is 155 Å². The average molecular weight is 351 g/mol. The first-order chi connectivity index (χ1) is 12.7. The van der Waals surface area contributed by atoms with Gasteiger partial charge in [0.25, 0.3) is 0 Å². The van der Waals surface area contributed by atoms with Crippen molar-refractivity contribution in [3.05, 3.63) is 77.4 Å². The van der Waals surface area contributed by atoms with E-state index in [1.807, 2.05) is 55.5 Å². The molecule has 1 atom stereocenters. The van der Waals surface area contributed by atoms with Crippen molar-refractivity contribution in [2.24, 2.45) is 0 Å². The smallest absolute Gasteiger partial charge is 0.244 e. The van der Waals surface area contributed by atoms with E-state index in [9.17, 15) is 4.79 Å². The third-order valence-corrected chi connectivity index (χ3v) is 4.81. The van der Waals surface area contributed by atoms with Crippen molar-refractivity contribution in [3.63, 3.8) is 0 Å². The van der Waals surface area contributed by atoms with E-state index in [-0.39, 0.29) is 11.9 Å². The zero-order chi connectivity index (χ0) is 18.2. The topological polar surface area (TPSA) is 42.8 Å². The van der Waals surface area contributed by atoms with Crippen LogP contribution in [0.3, 0.4) is 0 Å². The van der Waals surface area contributed by atoms with Gasteiger partial charge in [-0.25, -0.2) is 0 Å². The highest BCUT2D eigenvalue weighted by atomic mass is 16.5. The minimum atomic E-state index is -0.0604. The Bertz CT molecular complexity index is 737. The number of hydrogen-bond donors (Lipinski definition) is 2. The number of quaternary nitrogens is 1. The number of carbonyl (C=O) groups excluding carboxylic acids is 1. The molecule has 3 rings (SSSR count). The van der Waals surface area contributed by atoms with Gasteiger partial charge < -0.3 is 15.0 Å². The van der Waals surface area contributed by atoms with E-state index in [0.29, 0.717) is 0 Å². The molecular formula is C22H27N2O2+. The molecule has 1 heterocycles. The fourth-order valence-corrected chi connectivity index (χ4v) is 3.25. The van der Waals surface area contributed by atoms with Gasteiger partial charge in [0.15, 0.2) is 0 Å². The minimum absolute atomic E-state index is 0.00156. The zero-order valence-corrected chi connectivity index (χ0v) is 15.3. The van der Waals surface area contributed by atoms with E-state index in [2.05, 4.69) is 17.4 Å². The maximum Gasteiger partial charge on any atom is 0.244 e. The van der Waals surface area contributed by atoms with E-state index in [4.69, 9.17) is 4.74 Å². The largest absolute Gasteiger partial charge is 0.370 e. The summed E-state index contributed by atoms with van der Waals surface area (Å²) in [6.07, 6.45) is 3.52. The molecule has 0 bridgehead atoms. The van der Waals surface area contributed by atoms with Crippen LogP contribution in [0.25, 0.3) is 6.08 Å². The first-order valence-corrected chi connectivity index (χ1v) is 9.23. The molecule has 2 aromatic rings. The molecule has 0 aromatic heterocycles. The van der Waals surface area contributed by atoms with Gasteiger partial charge in [0, 0.05) is 6.08 Å². The lowest BCUT2D eigenvalue weighted by Crippen LogP contribution is -3.14. The summed E-state index contributed by atoms with van der Waals surface area (Å²) in [5.74, 6) is -0.0604. The molecule has 26 heavy (non-hydrogen) atoms. The van der Waals surface area contributed by atoms with Crippen molar-refractivity contribution >= 4 is 12.0 Å². The highest BCUT2D eigenvalue weighted by Crippen LogP contribution is 2.12. The molecule has 2 N–H and O–H groups in total. The second-order valence-electron chi connectivity index (χ2n) is 6.73. The molecule has 2 aromatic carbocycles. The number of benzene rings is 2. The van der Waals surface area contributed by atoms with Crippen molar-refractivity contribution in [1.82, 2.24) is 5.32 Å². The normalized spacial score (nSPS) is 16.5. The average Bonchev–Trinajstić information content (AvgIpc) is 2.68. The fraction of sp³-hybridized carbons (Fsp3) is 0.318. The van der Waals surface area contributed by atoms with Gasteiger partial charge in [-0.3, -0.25) is 4.79 Å². The van der Waals surface area contributed by atoms with Crippen LogP contribution in [0.5, 0.6) is 0 Å². The maximum atomic E-state index is 12.5. The highest BCUT2D eigenvalue weighted by molar-refractivity contribution is 5.92. The fourth-order valence-electron chi connectivity index (χ4n) is 3.25. The SMILES string of the molecule is Cc1ccccc1/C=C/C(=O)N[C@H](C[NH+]1CCOCC1)c1ccccc1. The number of nitrogens with one attached hydrogen (secondary N) is 2. The van der Waals surface area contributed by atoms with Crippen molar-refractivity contribution in [2.75, 3.05) is 32.8 Å². The number of rotatable bonds is 6. The van der Waals surface area contributed by atoms with E-state index >= 15 is 0 Å². The summed E-state index contributed by atoms with van der Waals surface area (Å²) in [6.45, 7) is 6.47. The van der Waals surface area contributed by atoms with Crippen molar-refractivity contribution in [2.45, 2.75) is 13.0 Å².